The molecule has 0 amide bonds. The highest BCUT2D eigenvalue weighted by Crippen LogP contribution is 2.22. The van der Waals surface area contributed by atoms with Crippen LogP contribution in [0, 0.1) is 0 Å². The zero-order chi connectivity index (χ0) is 12.3. The highest BCUT2D eigenvalue weighted by Gasteiger charge is 2.30. The average molecular weight is 247 g/mol. The first-order valence-electron chi connectivity index (χ1n) is 5.19. The van der Waals surface area contributed by atoms with Crippen molar-refractivity contribution >= 4 is 0 Å². The Labute approximate surface area is 96.5 Å². The Morgan fingerprint density at radius 2 is 1.88 bits per heavy atom. The van der Waals surface area contributed by atoms with Crippen LogP contribution in [0.25, 0.3) is 0 Å². The van der Waals surface area contributed by atoms with Crippen LogP contribution in [0.15, 0.2) is 24.3 Å². The summed E-state index contributed by atoms with van der Waals surface area (Å²) < 4.78 is 44.5. The molecule has 1 aromatic rings. The molecule has 0 atom stereocenters. The number of nitrogens with one attached hydrogen (secondary N) is 1. The van der Waals surface area contributed by atoms with Crippen molar-refractivity contribution in [2.24, 2.45) is 0 Å². The summed E-state index contributed by atoms with van der Waals surface area (Å²) in [4.78, 5) is 0. The zero-order valence-corrected chi connectivity index (χ0v) is 8.96. The Bertz CT molecular complexity index is 360. The van der Waals surface area contributed by atoms with E-state index < -0.39 is 6.36 Å². The molecule has 0 saturated carbocycles. The van der Waals surface area contributed by atoms with Crippen LogP contribution in [0.4, 0.5) is 13.2 Å². The van der Waals surface area contributed by atoms with Gasteiger partial charge in [0.15, 0.2) is 0 Å². The van der Waals surface area contributed by atoms with E-state index in [0.29, 0.717) is 25.8 Å². The van der Waals surface area contributed by atoms with E-state index in [4.69, 9.17) is 4.74 Å². The highest BCUT2D eigenvalue weighted by molar-refractivity contribution is 5.27. The molecule has 1 aliphatic rings. The second-order valence-corrected chi connectivity index (χ2v) is 3.81. The molecular weight excluding hydrogens is 235 g/mol. The lowest BCUT2D eigenvalue weighted by Gasteiger charge is -2.27. The second-order valence-electron chi connectivity index (χ2n) is 3.81. The first-order valence-corrected chi connectivity index (χ1v) is 5.19. The van der Waals surface area contributed by atoms with Gasteiger partial charge in [0.05, 0.1) is 19.3 Å². The molecule has 0 aromatic heterocycles. The van der Waals surface area contributed by atoms with Gasteiger partial charge in [-0.2, -0.15) is 0 Å². The SMILES string of the molecule is FC(F)(F)Oc1ccc(CNC2COC2)cc1. The van der Waals surface area contributed by atoms with E-state index in [-0.39, 0.29) is 5.75 Å². The number of halogens is 3. The molecule has 1 N–H and O–H groups in total. The van der Waals surface area contributed by atoms with Crippen LogP contribution in [0.3, 0.4) is 0 Å². The molecule has 0 aliphatic carbocycles. The molecule has 0 unspecified atom stereocenters. The van der Waals surface area contributed by atoms with Crippen molar-refractivity contribution in [1.29, 1.82) is 0 Å². The van der Waals surface area contributed by atoms with Crippen molar-refractivity contribution in [1.82, 2.24) is 5.32 Å². The summed E-state index contributed by atoms with van der Waals surface area (Å²) in [7, 11) is 0. The fourth-order valence-electron chi connectivity index (χ4n) is 1.42. The lowest BCUT2D eigenvalue weighted by molar-refractivity contribution is -0.274. The van der Waals surface area contributed by atoms with Crippen LogP contribution in [0.5, 0.6) is 5.75 Å². The summed E-state index contributed by atoms with van der Waals surface area (Å²) in [6, 6.07) is 6.17. The van der Waals surface area contributed by atoms with Crippen LogP contribution in [-0.2, 0) is 11.3 Å². The quantitative estimate of drug-likeness (QED) is 0.883. The van der Waals surface area contributed by atoms with Gasteiger partial charge in [-0.25, -0.2) is 0 Å². The van der Waals surface area contributed by atoms with E-state index in [0.717, 1.165) is 5.56 Å². The zero-order valence-electron chi connectivity index (χ0n) is 8.96. The molecule has 1 fully saturated rings. The number of ether oxygens (including phenoxy) is 2. The third-order valence-corrected chi connectivity index (χ3v) is 2.39. The van der Waals surface area contributed by atoms with E-state index in [1.54, 1.807) is 12.1 Å². The van der Waals surface area contributed by atoms with Gasteiger partial charge in [-0.3, -0.25) is 0 Å². The van der Waals surface area contributed by atoms with Crippen molar-refractivity contribution in [3.63, 3.8) is 0 Å². The van der Waals surface area contributed by atoms with E-state index >= 15 is 0 Å². The number of rotatable bonds is 4. The van der Waals surface area contributed by atoms with E-state index in [9.17, 15) is 13.2 Å². The van der Waals surface area contributed by atoms with Crippen LogP contribution in [0.1, 0.15) is 5.56 Å². The molecule has 1 saturated heterocycles. The van der Waals surface area contributed by atoms with Gasteiger partial charge in [0.1, 0.15) is 5.75 Å². The lowest BCUT2D eigenvalue weighted by atomic mass is 10.2. The van der Waals surface area contributed by atoms with Gasteiger partial charge >= 0.3 is 6.36 Å². The Hall–Kier alpha value is -1.27. The molecule has 0 bridgehead atoms. The molecule has 1 heterocycles. The van der Waals surface area contributed by atoms with Gasteiger partial charge in [0.25, 0.3) is 0 Å². The Morgan fingerprint density at radius 1 is 1.24 bits per heavy atom. The predicted molar refractivity (Wildman–Crippen MR) is 54.6 cm³/mol. The van der Waals surface area contributed by atoms with Gasteiger partial charge < -0.3 is 14.8 Å². The summed E-state index contributed by atoms with van der Waals surface area (Å²) in [5, 5.41) is 3.22. The third kappa shape index (κ3) is 3.90. The van der Waals surface area contributed by atoms with E-state index in [1.165, 1.54) is 12.1 Å². The molecule has 6 heteroatoms. The molecule has 0 spiro atoms. The molecule has 17 heavy (non-hydrogen) atoms. The molecule has 3 nitrogen and oxygen atoms in total. The molecular formula is C11H12F3NO2. The summed E-state index contributed by atoms with van der Waals surface area (Å²) >= 11 is 0. The van der Waals surface area contributed by atoms with Crippen molar-refractivity contribution in [3.8, 4) is 5.75 Å². The van der Waals surface area contributed by atoms with Gasteiger partial charge in [0.2, 0.25) is 0 Å². The standard InChI is InChI=1S/C11H12F3NO2/c12-11(13,14)17-10-3-1-8(2-4-10)5-15-9-6-16-7-9/h1-4,9,15H,5-7H2. The van der Waals surface area contributed by atoms with Gasteiger partial charge in [-0.15, -0.1) is 13.2 Å². The monoisotopic (exact) mass is 247 g/mol. The number of hydrogen-bond donors (Lipinski definition) is 1. The highest BCUT2D eigenvalue weighted by atomic mass is 19.4. The number of alkyl halides is 3. The maximum absolute atomic E-state index is 11.9. The molecule has 0 radical (unpaired) electrons. The van der Waals surface area contributed by atoms with Crippen molar-refractivity contribution in [3.05, 3.63) is 29.8 Å². The number of hydrogen-bond acceptors (Lipinski definition) is 3. The molecule has 1 aliphatic heterocycles. The largest absolute Gasteiger partial charge is 0.573 e. The van der Waals surface area contributed by atoms with Crippen LogP contribution < -0.4 is 10.1 Å². The molecule has 1 aromatic carbocycles. The second kappa shape index (κ2) is 4.93. The minimum Gasteiger partial charge on any atom is -0.406 e. The summed E-state index contributed by atoms with van der Waals surface area (Å²) in [6.07, 6.45) is -4.64. The summed E-state index contributed by atoms with van der Waals surface area (Å²) in [5.74, 6) is -0.201. The minimum atomic E-state index is -4.64. The van der Waals surface area contributed by atoms with Gasteiger partial charge in [-0.05, 0) is 17.7 Å². The van der Waals surface area contributed by atoms with Crippen LogP contribution in [0.2, 0.25) is 0 Å². The van der Waals surface area contributed by atoms with E-state index in [1.807, 2.05) is 0 Å². The van der Waals surface area contributed by atoms with Crippen molar-refractivity contribution in [2.45, 2.75) is 18.9 Å². The minimum absolute atomic E-state index is 0.201. The van der Waals surface area contributed by atoms with Gasteiger partial charge in [0, 0.05) is 6.54 Å². The predicted octanol–water partition coefficient (Wildman–Crippen LogP) is 2.07. The normalized spacial score (nSPS) is 16.6. The van der Waals surface area contributed by atoms with Crippen LogP contribution in [-0.4, -0.2) is 25.6 Å². The summed E-state index contributed by atoms with van der Waals surface area (Å²) in [5.41, 5.74) is 0.909. The Balaban J connectivity index is 1.84. The molecule has 2 rings (SSSR count). The first-order chi connectivity index (χ1) is 8.03. The maximum Gasteiger partial charge on any atom is 0.573 e. The van der Waals surface area contributed by atoms with Crippen LogP contribution >= 0.6 is 0 Å². The Morgan fingerprint density at radius 3 is 2.35 bits per heavy atom. The first kappa shape index (κ1) is 12.2. The Kier molecular flexibility index (Phi) is 3.54. The van der Waals surface area contributed by atoms with Crippen molar-refractivity contribution in [2.75, 3.05) is 13.2 Å². The fraction of sp³-hybridized carbons (Fsp3) is 0.455. The summed E-state index contributed by atoms with van der Waals surface area (Å²) in [6.45, 7) is 1.99. The fourth-order valence-corrected chi connectivity index (χ4v) is 1.42. The van der Waals surface area contributed by atoms with Gasteiger partial charge in [-0.1, -0.05) is 12.1 Å². The lowest BCUT2D eigenvalue weighted by Crippen LogP contribution is -2.45. The topological polar surface area (TPSA) is 30.5 Å². The van der Waals surface area contributed by atoms with E-state index in [2.05, 4.69) is 10.1 Å². The molecule has 94 valence electrons. The number of benzene rings is 1. The van der Waals surface area contributed by atoms with Crippen molar-refractivity contribution < 1.29 is 22.6 Å². The third-order valence-electron chi connectivity index (χ3n) is 2.39. The smallest absolute Gasteiger partial charge is 0.406 e. The average Bonchev–Trinajstić information content (AvgIpc) is 2.16. The maximum atomic E-state index is 11.9.